The quantitative estimate of drug-likeness (QED) is 0.397. The van der Waals surface area contributed by atoms with Crippen molar-refractivity contribution < 1.29 is 18.0 Å². The first-order valence-corrected chi connectivity index (χ1v) is 13.8. The van der Waals surface area contributed by atoms with E-state index in [9.17, 15) is 18.0 Å². The van der Waals surface area contributed by atoms with Gasteiger partial charge >= 0.3 is 0 Å². The van der Waals surface area contributed by atoms with Crippen molar-refractivity contribution in [3.05, 3.63) is 101 Å². The molecule has 0 saturated carbocycles. The summed E-state index contributed by atoms with van der Waals surface area (Å²) in [6.45, 7) is 3.91. The third kappa shape index (κ3) is 7.64. The number of likely N-dealkylation sites (N-methyl/N-ethyl adjacent to an activating group) is 2. The molecule has 0 heterocycles. The fourth-order valence-electron chi connectivity index (χ4n) is 3.89. The third-order valence-electron chi connectivity index (χ3n) is 5.98. The number of carbonyl (C=O) groups excluding carboxylic acids is 2. The summed E-state index contributed by atoms with van der Waals surface area (Å²) in [6, 6.07) is 22.1. The number of aryl methyl sites for hydroxylation is 1. The van der Waals surface area contributed by atoms with E-state index in [-0.39, 0.29) is 23.8 Å². The maximum atomic E-state index is 13.7. The minimum atomic E-state index is -3.95. The monoisotopic (exact) mass is 541 g/mol. The molecule has 196 valence electrons. The van der Waals surface area contributed by atoms with Crippen LogP contribution in [0.2, 0.25) is 5.02 Å². The topological polar surface area (TPSA) is 86.8 Å². The summed E-state index contributed by atoms with van der Waals surface area (Å²) >= 11 is 5.90. The van der Waals surface area contributed by atoms with Crippen LogP contribution in [0, 0.1) is 6.92 Å². The predicted octanol–water partition coefficient (Wildman–Crippen LogP) is 4.05. The van der Waals surface area contributed by atoms with Gasteiger partial charge in [-0.05, 0) is 49.2 Å². The van der Waals surface area contributed by atoms with Crippen LogP contribution in [0.15, 0.2) is 83.8 Å². The summed E-state index contributed by atoms with van der Waals surface area (Å²) in [4.78, 5) is 28.4. The van der Waals surface area contributed by atoms with Gasteiger partial charge in [-0.2, -0.15) is 4.31 Å². The molecule has 1 N–H and O–H groups in total. The smallest absolute Gasteiger partial charge is 0.243 e. The van der Waals surface area contributed by atoms with Gasteiger partial charge in [0.2, 0.25) is 21.8 Å². The Bertz CT molecular complexity index is 1300. The van der Waals surface area contributed by atoms with Crippen LogP contribution in [0.4, 0.5) is 0 Å². The summed E-state index contributed by atoms with van der Waals surface area (Å²) in [7, 11) is -2.60. The second kappa shape index (κ2) is 12.9. The maximum Gasteiger partial charge on any atom is 0.243 e. The number of rotatable bonds is 11. The molecule has 37 heavy (non-hydrogen) atoms. The van der Waals surface area contributed by atoms with Crippen LogP contribution in [0.3, 0.4) is 0 Å². The van der Waals surface area contributed by atoms with Crippen molar-refractivity contribution in [3.8, 4) is 0 Å². The minimum absolute atomic E-state index is 0.0295. The molecule has 0 radical (unpaired) electrons. The first kappa shape index (κ1) is 28.4. The van der Waals surface area contributed by atoms with Gasteiger partial charge in [0.15, 0.2) is 0 Å². The van der Waals surface area contributed by atoms with Crippen LogP contribution in [-0.4, -0.2) is 55.6 Å². The van der Waals surface area contributed by atoms with Crippen LogP contribution in [-0.2, 0) is 32.6 Å². The zero-order chi connectivity index (χ0) is 27.0. The lowest BCUT2D eigenvalue weighted by Crippen LogP contribution is -2.53. The molecule has 0 spiro atoms. The Labute approximate surface area is 224 Å². The molecule has 1 unspecified atom stereocenters. The van der Waals surface area contributed by atoms with Gasteiger partial charge in [0.25, 0.3) is 0 Å². The molecule has 3 aromatic carbocycles. The van der Waals surface area contributed by atoms with Gasteiger partial charge < -0.3 is 10.2 Å². The van der Waals surface area contributed by atoms with Crippen molar-refractivity contribution in [2.75, 3.05) is 20.1 Å². The molecular weight excluding hydrogens is 510 g/mol. The second-order valence-corrected chi connectivity index (χ2v) is 11.3. The van der Waals surface area contributed by atoms with Crippen molar-refractivity contribution in [2.45, 2.75) is 37.8 Å². The fourth-order valence-corrected chi connectivity index (χ4v) is 5.14. The van der Waals surface area contributed by atoms with E-state index < -0.39 is 28.5 Å². The first-order chi connectivity index (χ1) is 17.6. The average molecular weight is 542 g/mol. The van der Waals surface area contributed by atoms with Gasteiger partial charge in [-0.1, -0.05) is 71.8 Å². The largest absolute Gasteiger partial charge is 0.355 e. The standard InChI is InChI=1S/C28H32ClN3O4S/c1-4-30-28(34)26(18-22-8-6-5-7-9-22)32(19-23-12-10-21(2)11-13-23)27(33)20-31(3)37(35,36)25-16-14-24(29)15-17-25/h5-17,26H,4,18-20H2,1-3H3,(H,30,34). The van der Waals surface area contributed by atoms with Gasteiger partial charge in [-0.25, -0.2) is 8.42 Å². The molecule has 9 heteroatoms. The highest BCUT2D eigenvalue weighted by molar-refractivity contribution is 7.89. The summed E-state index contributed by atoms with van der Waals surface area (Å²) < 4.78 is 27.3. The highest BCUT2D eigenvalue weighted by atomic mass is 35.5. The highest BCUT2D eigenvalue weighted by Gasteiger charge is 2.32. The lowest BCUT2D eigenvalue weighted by Gasteiger charge is -2.32. The van der Waals surface area contributed by atoms with E-state index in [0.717, 1.165) is 21.0 Å². The van der Waals surface area contributed by atoms with E-state index in [4.69, 9.17) is 11.6 Å². The molecule has 0 aromatic heterocycles. The van der Waals surface area contributed by atoms with Crippen molar-refractivity contribution in [2.24, 2.45) is 0 Å². The van der Waals surface area contributed by atoms with E-state index in [1.807, 2.05) is 68.4 Å². The lowest BCUT2D eigenvalue weighted by molar-refractivity contribution is -0.141. The first-order valence-electron chi connectivity index (χ1n) is 12.0. The molecule has 3 rings (SSSR count). The number of amides is 2. The molecule has 0 aliphatic rings. The number of hydrogen-bond donors (Lipinski definition) is 1. The Morgan fingerprint density at radius 2 is 1.54 bits per heavy atom. The Balaban J connectivity index is 1.94. The zero-order valence-electron chi connectivity index (χ0n) is 21.2. The van der Waals surface area contributed by atoms with E-state index in [2.05, 4.69) is 5.32 Å². The molecule has 0 aliphatic carbocycles. The fraction of sp³-hybridized carbons (Fsp3) is 0.286. The predicted molar refractivity (Wildman–Crippen MR) is 146 cm³/mol. The summed E-state index contributed by atoms with van der Waals surface area (Å²) in [5.74, 6) is -0.775. The van der Waals surface area contributed by atoms with Gasteiger partial charge in [0.1, 0.15) is 6.04 Å². The van der Waals surface area contributed by atoms with Crippen LogP contribution in [0.1, 0.15) is 23.6 Å². The maximum absolute atomic E-state index is 13.7. The summed E-state index contributed by atoms with van der Waals surface area (Å²) in [5, 5.41) is 3.24. The van der Waals surface area contributed by atoms with E-state index in [0.29, 0.717) is 11.6 Å². The number of sulfonamides is 1. The van der Waals surface area contributed by atoms with Gasteiger partial charge in [-0.3, -0.25) is 9.59 Å². The molecule has 7 nitrogen and oxygen atoms in total. The molecule has 0 aliphatic heterocycles. The van der Waals surface area contributed by atoms with Crippen LogP contribution < -0.4 is 5.32 Å². The summed E-state index contributed by atoms with van der Waals surface area (Å²) in [5.41, 5.74) is 2.80. The van der Waals surface area contributed by atoms with Gasteiger partial charge in [-0.15, -0.1) is 0 Å². The Morgan fingerprint density at radius 3 is 2.14 bits per heavy atom. The lowest BCUT2D eigenvalue weighted by atomic mass is 10.0. The molecule has 3 aromatic rings. The van der Waals surface area contributed by atoms with Crippen LogP contribution >= 0.6 is 11.6 Å². The third-order valence-corrected chi connectivity index (χ3v) is 8.04. The van der Waals surface area contributed by atoms with Crippen molar-refractivity contribution in [3.63, 3.8) is 0 Å². The number of halogens is 1. The molecular formula is C28H32ClN3O4S. The van der Waals surface area contributed by atoms with E-state index >= 15 is 0 Å². The average Bonchev–Trinajstić information content (AvgIpc) is 2.88. The van der Waals surface area contributed by atoms with E-state index in [1.54, 1.807) is 0 Å². The Morgan fingerprint density at radius 1 is 0.919 bits per heavy atom. The van der Waals surface area contributed by atoms with E-state index in [1.165, 1.54) is 36.2 Å². The van der Waals surface area contributed by atoms with Crippen LogP contribution in [0.5, 0.6) is 0 Å². The molecule has 1 atom stereocenters. The number of hydrogen-bond acceptors (Lipinski definition) is 4. The molecule has 0 bridgehead atoms. The SMILES string of the molecule is CCNC(=O)C(Cc1ccccc1)N(Cc1ccc(C)cc1)C(=O)CN(C)S(=O)(=O)c1ccc(Cl)cc1. The number of benzene rings is 3. The van der Waals surface area contributed by atoms with Crippen molar-refractivity contribution in [1.82, 2.24) is 14.5 Å². The second-order valence-electron chi connectivity index (χ2n) is 8.82. The van der Waals surface area contributed by atoms with Gasteiger partial charge in [0, 0.05) is 31.6 Å². The summed E-state index contributed by atoms with van der Waals surface area (Å²) in [6.07, 6.45) is 0.290. The highest BCUT2D eigenvalue weighted by Crippen LogP contribution is 2.20. The normalized spacial score (nSPS) is 12.2. The Kier molecular flexibility index (Phi) is 9.86. The van der Waals surface area contributed by atoms with Crippen molar-refractivity contribution >= 4 is 33.4 Å². The molecule has 0 saturated heterocycles. The number of nitrogens with one attached hydrogen (secondary N) is 1. The zero-order valence-corrected chi connectivity index (χ0v) is 22.8. The molecule has 0 fully saturated rings. The van der Waals surface area contributed by atoms with Crippen LogP contribution in [0.25, 0.3) is 0 Å². The number of nitrogens with zero attached hydrogens (tertiary/aromatic N) is 2. The minimum Gasteiger partial charge on any atom is -0.355 e. The van der Waals surface area contributed by atoms with Gasteiger partial charge in [0.05, 0.1) is 11.4 Å². The van der Waals surface area contributed by atoms with Crippen molar-refractivity contribution in [1.29, 1.82) is 0 Å². The molecule has 2 amide bonds. The Hall–Kier alpha value is -3.20. The number of carbonyl (C=O) groups is 2.